The van der Waals surface area contributed by atoms with Crippen LogP contribution in [0, 0.1) is 25.2 Å². The third kappa shape index (κ3) is 2.54. The van der Waals surface area contributed by atoms with Crippen LogP contribution in [-0.4, -0.2) is 57.7 Å². The summed E-state index contributed by atoms with van der Waals surface area (Å²) in [5, 5.41) is 13.2. The molecule has 2 rings (SSSR count). The lowest BCUT2D eigenvalue weighted by atomic mass is 10.1. The average Bonchev–Trinajstić information content (AvgIpc) is 2.71. The largest absolute Gasteiger partial charge is 0.336 e. The summed E-state index contributed by atoms with van der Waals surface area (Å²) in [5.41, 5.74) is 2.40. The van der Waals surface area contributed by atoms with Gasteiger partial charge in [-0.3, -0.25) is 14.4 Å². The van der Waals surface area contributed by atoms with Gasteiger partial charge >= 0.3 is 0 Å². The molecule has 0 aromatic carbocycles. The maximum Gasteiger partial charge on any atom is 0.257 e. The predicted molar refractivity (Wildman–Crippen MR) is 75.2 cm³/mol. The first-order valence-corrected chi connectivity index (χ1v) is 6.88. The number of nitrogens with zero attached hydrogens (tertiary/aromatic N) is 5. The second kappa shape index (κ2) is 5.63. The normalized spacial score (nSPS) is 17.9. The zero-order chi connectivity index (χ0) is 14.9. The summed E-state index contributed by atoms with van der Waals surface area (Å²) in [5.74, 6) is 0.0531. The summed E-state index contributed by atoms with van der Waals surface area (Å²) in [6.45, 7) is 8.51. The van der Waals surface area contributed by atoms with Gasteiger partial charge in [-0.25, -0.2) is 0 Å². The molecular formula is C14H21N5O. The molecule has 108 valence electrons. The standard InChI is InChI=1S/C14H21N5O/c1-10(9-15)18-5-7-19(8-6-18)14(20)13-11(2)16-17(4)12(13)3/h10H,5-8H2,1-4H3. The molecule has 1 aliphatic heterocycles. The van der Waals surface area contributed by atoms with Gasteiger partial charge in [0.2, 0.25) is 0 Å². The van der Waals surface area contributed by atoms with Gasteiger partial charge in [-0.2, -0.15) is 10.4 Å². The van der Waals surface area contributed by atoms with Crippen molar-refractivity contribution >= 4 is 5.91 Å². The van der Waals surface area contributed by atoms with E-state index in [0.29, 0.717) is 18.7 Å². The first-order chi connectivity index (χ1) is 9.45. The van der Waals surface area contributed by atoms with Gasteiger partial charge in [-0.15, -0.1) is 0 Å². The van der Waals surface area contributed by atoms with Crippen LogP contribution in [0.5, 0.6) is 0 Å². The van der Waals surface area contributed by atoms with E-state index in [0.717, 1.165) is 24.5 Å². The average molecular weight is 275 g/mol. The van der Waals surface area contributed by atoms with Crippen LogP contribution in [0.25, 0.3) is 0 Å². The molecule has 1 unspecified atom stereocenters. The molecular weight excluding hydrogens is 254 g/mol. The Labute approximate surface area is 119 Å². The van der Waals surface area contributed by atoms with Gasteiger partial charge in [0.25, 0.3) is 5.91 Å². The van der Waals surface area contributed by atoms with Crippen molar-refractivity contribution in [3.8, 4) is 6.07 Å². The van der Waals surface area contributed by atoms with Gasteiger partial charge < -0.3 is 4.90 Å². The highest BCUT2D eigenvalue weighted by Gasteiger charge is 2.27. The van der Waals surface area contributed by atoms with E-state index in [1.807, 2.05) is 32.7 Å². The highest BCUT2D eigenvalue weighted by atomic mass is 16.2. The van der Waals surface area contributed by atoms with Crippen LogP contribution in [-0.2, 0) is 7.05 Å². The molecule has 1 aromatic heterocycles. The number of carbonyl (C=O) groups is 1. The minimum absolute atomic E-state index is 0.0531. The van der Waals surface area contributed by atoms with Crippen LogP contribution in [0.2, 0.25) is 0 Å². The number of rotatable bonds is 2. The second-order valence-corrected chi connectivity index (χ2v) is 5.30. The monoisotopic (exact) mass is 275 g/mol. The van der Waals surface area contributed by atoms with E-state index in [1.54, 1.807) is 4.68 Å². The Morgan fingerprint density at radius 1 is 1.30 bits per heavy atom. The molecule has 6 nitrogen and oxygen atoms in total. The molecule has 1 amide bonds. The second-order valence-electron chi connectivity index (χ2n) is 5.30. The van der Waals surface area contributed by atoms with Crippen molar-refractivity contribution in [2.45, 2.75) is 26.8 Å². The van der Waals surface area contributed by atoms with E-state index in [9.17, 15) is 4.79 Å². The minimum Gasteiger partial charge on any atom is -0.336 e. The maximum atomic E-state index is 12.6. The van der Waals surface area contributed by atoms with E-state index in [4.69, 9.17) is 5.26 Å². The van der Waals surface area contributed by atoms with Crippen molar-refractivity contribution in [3.05, 3.63) is 17.0 Å². The fourth-order valence-electron chi connectivity index (χ4n) is 2.64. The van der Waals surface area contributed by atoms with E-state index in [2.05, 4.69) is 16.1 Å². The first-order valence-electron chi connectivity index (χ1n) is 6.88. The highest BCUT2D eigenvalue weighted by molar-refractivity contribution is 5.96. The molecule has 0 saturated carbocycles. The molecule has 1 aliphatic rings. The van der Waals surface area contributed by atoms with Gasteiger partial charge in [0, 0.05) is 38.9 Å². The van der Waals surface area contributed by atoms with E-state index < -0.39 is 0 Å². The summed E-state index contributed by atoms with van der Waals surface area (Å²) in [4.78, 5) is 16.6. The summed E-state index contributed by atoms with van der Waals surface area (Å²) in [7, 11) is 1.85. The molecule has 0 bridgehead atoms. The molecule has 1 fully saturated rings. The van der Waals surface area contributed by atoms with Gasteiger partial charge in [0.1, 0.15) is 0 Å². The number of carbonyl (C=O) groups excluding carboxylic acids is 1. The summed E-state index contributed by atoms with van der Waals surface area (Å²) in [6, 6.07) is 2.15. The Balaban J connectivity index is 2.08. The summed E-state index contributed by atoms with van der Waals surface area (Å²) in [6.07, 6.45) is 0. The molecule has 0 spiro atoms. The Bertz CT molecular complexity index is 549. The van der Waals surface area contributed by atoms with Crippen molar-refractivity contribution in [2.75, 3.05) is 26.2 Å². The van der Waals surface area contributed by atoms with E-state index >= 15 is 0 Å². The third-order valence-corrected chi connectivity index (χ3v) is 4.06. The van der Waals surface area contributed by atoms with Crippen molar-refractivity contribution in [3.63, 3.8) is 0 Å². The summed E-state index contributed by atoms with van der Waals surface area (Å²) < 4.78 is 1.75. The molecule has 1 atom stereocenters. The number of nitriles is 1. The lowest BCUT2D eigenvalue weighted by molar-refractivity contribution is 0.0614. The molecule has 2 heterocycles. The van der Waals surface area contributed by atoms with E-state index in [1.165, 1.54) is 0 Å². The number of hydrogen-bond donors (Lipinski definition) is 0. The molecule has 1 aromatic rings. The Morgan fingerprint density at radius 3 is 2.35 bits per heavy atom. The topological polar surface area (TPSA) is 65.2 Å². The number of aromatic nitrogens is 2. The lowest BCUT2D eigenvalue weighted by Crippen LogP contribution is -2.51. The van der Waals surface area contributed by atoms with Crippen molar-refractivity contribution in [1.82, 2.24) is 19.6 Å². The molecule has 1 saturated heterocycles. The minimum atomic E-state index is -0.0888. The van der Waals surface area contributed by atoms with Crippen LogP contribution in [0.3, 0.4) is 0 Å². The fraction of sp³-hybridized carbons (Fsp3) is 0.643. The number of aryl methyl sites for hydroxylation is 2. The Morgan fingerprint density at radius 2 is 1.90 bits per heavy atom. The maximum absolute atomic E-state index is 12.6. The number of piperazine rings is 1. The Kier molecular flexibility index (Phi) is 4.09. The quantitative estimate of drug-likeness (QED) is 0.797. The fourth-order valence-corrected chi connectivity index (χ4v) is 2.64. The number of hydrogen-bond acceptors (Lipinski definition) is 4. The van der Waals surface area contributed by atoms with Gasteiger partial charge in [0.05, 0.1) is 23.4 Å². The molecule has 0 radical (unpaired) electrons. The van der Waals surface area contributed by atoms with E-state index in [-0.39, 0.29) is 11.9 Å². The van der Waals surface area contributed by atoms with Crippen molar-refractivity contribution < 1.29 is 4.79 Å². The number of amides is 1. The SMILES string of the molecule is Cc1nn(C)c(C)c1C(=O)N1CCN(C(C)C#N)CC1. The van der Waals surface area contributed by atoms with Crippen LogP contribution < -0.4 is 0 Å². The van der Waals surface area contributed by atoms with Crippen molar-refractivity contribution in [2.24, 2.45) is 7.05 Å². The predicted octanol–water partition coefficient (Wildman–Crippen LogP) is 0.707. The smallest absolute Gasteiger partial charge is 0.257 e. The van der Waals surface area contributed by atoms with Gasteiger partial charge in [-0.05, 0) is 20.8 Å². The molecule has 0 aliphatic carbocycles. The zero-order valence-electron chi connectivity index (χ0n) is 12.6. The van der Waals surface area contributed by atoms with Gasteiger partial charge in [-0.1, -0.05) is 0 Å². The molecule has 6 heteroatoms. The highest BCUT2D eigenvalue weighted by Crippen LogP contribution is 2.16. The first kappa shape index (κ1) is 14.5. The molecule has 20 heavy (non-hydrogen) atoms. The van der Waals surface area contributed by atoms with Crippen LogP contribution >= 0.6 is 0 Å². The van der Waals surface area contributed by atoms with Crippen LogP contribution in [0.4, 0.5) is 0 Å². The zero-order valence-corrected chi connectivity index (χ0v) is 12.6. The third-order valence-electron chi connectivity index (χ3n) is 4.06. The van der Waals surface area contributed by atoms with Crippen LogP contribution in [0.15, 0.2) is 0 Å². The van der Waals surface area contributed by atoms with Crippen LogP contribution in [0.1, 0.15) is 28.7 Å². The van der Waals surface area contributed by atoms with Gasteiger partial charge in [0.15, 0.2) is 0 Å². The lowest BCUT2D eigenvalue weighted by Gasteiger charge is -2.35. The Hall–Kier alpha value is -1.87. The molecule has 0 N–H and O–H groups in total. The summed E-state index contributed by atoms with van der Waals surface area (Å²) >= 11 is 0. The van der Waals surface area contributed by atoms with Crippen molar-refractivity contribution in [1.29, 1.82) is 5.26 Å².